The first kappa shape index (κ1) is 23.4. The van der Waals surface area contributed by atoms with Crippen molar-refractivity contribution in [2.45, 2.75) is 56.9 Å². The van der Waals surface area contributed by atoms with Gasteiger partial charge in [0.25, 0.3) is 0 Å². The highest BCUT2D eigenvalue weighted by atomic mass is 32.2. The van der Waals surface area contributed by atoms with Crippen molar-refractivity contribution in [1.29, 1.82) is 0 Å². The number of anilines is 2. The monoisotopic (exact) mass is 469 g/mol. The predicted octanol–water partition coefficient (Wildman–Crippen LogP) is 3.94. The zero-order chi connectivity index (χ0) is 23.6. The fourth-order valence-corrected chi connectivity index (χ4v) is 6.41. The van der Waals surface area contributed by atoms with Crippen LogP contribution in [0, 0.1) is 12.8 Å². The van der Waals surface area contributed by atoms with Gasteiger partial charge in [-0.25, -0.2) is 8.42 Å². The molecule has 0 spiro atoms. The summed E-state index contributed by atoms with van der Waals surface area (Å²) in [7, 11) is -3.56. The summed E-state index contributed by atoms with van der Waals surface area (Å²) >= 11 is 0. The number of hydrogen-bond donors (Lipinski definition) is 1. The van der Waals surface area contributed by atoms with Gasteiger partial charge in [-0.15, -0.1) is 0 Å². The number of sulfonamides is 1. The topological polar surface area (TPSA) is 86.8 Å². The normalized spacial score (nSPS) is 21.9. The number of nitrogens with one attached hydrogen (secondary N) is 1. The first-order valence-corrected chi connectivity index (χ1v) is 13.0. The summed E-state index contributed by atoms with van der Waals surface area (Å²) in [6.45, 7) is 4.88. The van der Waals surface area contributed by atoms with Crippen LogP contribution in [0.15, 0.2) is 53.4 Å². The fourth-order valence-electron chi connectivity index (χ4n) is 4.65. The van der Waals surface area contributed by atoms with E-state index in [-0.39, 0.29) is 29.2 Å². The molecule has 33 heavy (non-hydrogen) atoms. The van der Waals surface area contributed by atoms with E-state index in [9.17, 15) is 18.0 Å². The molecule has 0 aromatic heterocycles. The molecule has 0 aliphatic carbocycles. The van der Waals surface area contributed by atoms with E-state index in [1.165, 1.54) is 0 Å². The van der Waals surface area contributed by atoms with Gasteiger partial charge in [0.1, 0.15) is 0 Å². The van der Waals surface area contributed by atoms with E-state index in [1.807, 2.05) is 38.1 Å². The molecule has 0 saturated carbocycles. The number of carbonyl (C=O) groups is 2. The Balaban J connectivity index is 1.41. The van der Waals surface area contributed by atoms with Gasteiger partial charge in [-0.05, 0) is 62.6 Å². The predicted molar refractivity (Wildman–Crippen MR) is 129 cm³/mol. The Hall–Kier alpha value is -2.71. The Labute approximate surface area is 195 Å². The second kappa shape index (κ2) is 9.65. The molecule has 8 heteroatoms. The number of amides is 2. The highest BCUT2D eigenvalue weighted by Crippen LogP contribution is 2.29. The van der Waals surface area contributed by atoms with E-state index >= 15 is 0 Å². The van der Waals surface area contributed by atoms with Gasteiger partial charge < -0.3 is 10.2 Å². The molecule has 2 aromatic rings. The average Bonchev–Trinajstić information content (AvgIpc) is 3.21. The van der Waals surface area contributed by atoms with Crippen molar-refractivity contribution in [2.75, 3.05) is 23.3 Å². The molecule has 4 rings (SSSR count). The minimum atomic E-state index is -3.56. The Morgan fingerprint density at radius 2 is 1.76 bits per heavy atom. The van der Waals surface area contributed by atoms with Gasteiger partial charge in [0, 0.05) is 36.9 Å². The largest absolute Gasteiger partial charge is 0.326 e. The van der Waals surface area contributed by atoms with E-state index in [0.29, 0.717) is 18.8 Å². The molecule has 7 nitrogen and oxygen atoms in total. The summed E-state index contributed by atoms with van der Waals surface area (Å²) in [5, 5.41) is 2.84. The van der Waals surface area contributed by atoms with Crippen molar-refractivity contribution < 1.29 is 18.0 Å². The molecule has 0 bridgehead atoms. The number of rotatable bonds is 6. The summed E-state index contributed by atoms with van der Waals surface area (Å²) in [6, 6.07) is 14.0. The highest BCUT2D eigenvalue weighted by Gasteiger charge is 2.35. The van der Waals surface area contributed by atoms with Crippen LogP contribution in [0.5, 0.6) is 0 Å². The second-order valence-electron chi connectivity index (χ2n) is 8.93. The van der Waals surface area contributed by atoms with Crippen LogP contribution < -0.4 is 10.2 Å². The van der Waals surface area contributed by atoms with Gasteiger partial charge in [-0.1, -0.05) is 31.0 Å². The molecular weight excluding hydrogens is 438 g/mol. The van der Waals surface area contributed by atoms with Gasteiger partial charge in [0.2, 0.25) is 21.8 Å². The molecule has 1 N–H and O–H groups in total. The van der Waals surface area contributed by atoms with E-state index in [2.05, 4.69) is 5.32 Å². The molecule has 2 aromatic carbocycles. The number of nitrogens with zero attached hydrogens (tertiary/aromatic N) is 2. The molecule has 2 atom stereocenters. The maximum absolute atomic E-state index is 13.1. The SMILES string of the molecule is CCC1CCCCN1S(=O)(=O)c1ccc(NC(=O)C2CC(=O)N(c3ccc(C)cc3)C2)cc1. The van der Waals surface area contributed by atoms with Gasteiger partial charge in [-0.3, -0.25) is 9.59 Å². The van der Waals surface area contributed by atoms with Gasteiger partial charge in [0.05, 0.1) is 10.8 Å². The van der Waals surface area contributed by atoms with Crippen LogP contribution in [0.3, 0.4) is 0 Å². The molecule has 2 saturated heterocycles. The highest BCUT2D eigenvalue weighted by molar-refractivity contribution is 7.89. The van der Waals surface area contributed by atoms with Crippen LogP contribution in [0.4, 0.5) is 11.4 Å². The van der Waals surface area contributed by atoms with Crippen LogP contribution in [-0.2, 0) is 19.6 Å². The van der Waals surface area contributed by atoms with Crippen molar-refractivity contribution in [3.8, 4) is 0 Å². The van der Waals surface area contributed by atoms with E-state index in [0.717, 1.165) is 36.9 Å². The van der Waals surface area contributed by atoms with Gasteiger partial charge in [0.15, 0.2) is 0 Å². The first-order chi connectivity index (χ1) is 15.8. The third-order valence-electron chi connectivity index (χ3n) is 6.61. The number of benzene rings is 2. The van der Waals surface area contributed by atoms with Gasteiger partial charge in [-0.2, -0.15) is 4.31 Å². The van der Waals surface area contributed by atoms with Gasteiger partial charge >= 0.3 is 0 Å². The lowest BCUT2D eigenvalue weighted by atomic mass is 10.0. The number of carbonyl (C=O) groups excluding carboxylic acids is 2. The Kier molecular flexibility index (Phi) is 6.86. The van der Waals surface area contributed by atoms with Crippen LogP contribution in [0.1, 0.15) is 44.6 Å². The molecule has 2 aliphatic heterocycles. The summed E-state index contributed by atoms with van der Waals surface area (Å²) in [5.74, 6) is -0.774. The van der Waals surface area contributed by atoms with E-state index < -0.39 is 15.9 Å². The van der Waals surface area contributed by atoms with Crippen molar-refractivity contribution in [1.82, 2.24) is 4.31 Å². The van der Waals surface area contributed by atoms with Crippen LogP contribution >= 0.6 is 0 Å². The molecule has 2 unspecified atom stereocenters. The number of hydrogen-bond acceptors (Lipinski definition) is 4. The average molecular weight is 470 g/mol. The summed E-state index contributed by atoms with van der Waals surface area (Å²) in [4.78, 5) is 27.1. The maximum Gasteiger partial charge on any atom is 0.243 e. The van der Waals surface area contributed by atoms with E-state index in [4.69, 9.17) is 0 Å². The molecule has 2 fully saturated rings. The lowest BCUT2D eigenvalue weighted by Crippen LogP contribution is -2.43. The standard InChI is InChI=1S/C25H31N3O4S/c1-3-21-6-4-5-15-28(21)33(31,32)23-13-9-20(10-14-23)26-25(30)19-16-24(29)27(17-19)22-11-7-18(2)8-12-22/h7-14,19,21H,3-6,15-17H2,1-2H3,(H,26,30). The number of piperidine rings is 1. The molecule has 2 aliphatic rings. The summed E-state index contributed by atoms with van der Waals surface area (Å²) < 4.78 is 27.9. The van der Waals surface area contributed by atoms with Crippen molar-refractivity contribution in [3.63, 3.8) is 0 Å². The van der Waals surface area contributed by atoms with Crippen molar-refractivity contribution >= 4 is 33.2 Å². The lowest BCUT2D eigenvalue weighted by Gasteiger charge is -2.34. The molecule has 2 heterocycles. The Bertz CT molecular complexity index is 1110. The van der Waals surface area contributed by atoms with E-state index in [1.54, 1.807) is 33.5 Å². The summed E-state index contributed by atoms with van der Waals surface area (Å²) in [5.41, 5.74) is 2.42. The van der Waals surface area contributed by atoms with Crippen LogP contribution in [0.25, 0.3) is 0 Å². The van der Waals surface area contributed by atoms with Crippen LogP contribution in [-0.4, -0.2) is 43.7 Å². The zero-order valence-electron chi connectivity index (χ0n) is 19.2. The molecule has 0 radical (unpaired) electrons. The molecule has 2 amide bonds. The second-order valence-corrected chi connectivity index (χ2v) is 10.8. The minimum Gasteiger partial charge on any atom is -0.326 e. The Morgan fingerprint density at radius 3 is 2.42 bits per heavy atom. The first-order valence-electron chi connectivity index (χ1n) is 11.6. The van der Waals surface area contributed by atoms with Crippen molar-refractivity contribution in [3.05, 3.63) is 54.1 Å². The quantitative estimate of drug-likeness (QED) is 0.694. The third-order valence-corrected chi connectivity index (χ3v) is 8.58. The molecule has 176 valence electrons. The Morgan fingerprint density at radius 1 is 1.06 bits per heavy atom. The smallest absolute Gasteiger partial charge is 0.243 e. The van der Waals surface area contributed by atoms with Crippen molar-refractivity contribution in [2.24, 2.45) is 5.92 Å². The number of aryl methyl sites for hydroxylation is 1. The maximum atomic E-state index is 13.1. The fraction of sp³-hybridized carbons (Fsp3) is 0.440. The summed E-state index contributed by atoms with van der Waals surface area (Å²) in [6.07, 6.45) is 3.78. The molecular formula is C25H31N3O4S. The zero-order valence-corrected chi connectivity index (χ0v) is 20.0. The lowest BCUT2D eigenvalue weighted by molar-refractivity contribution is -0.122. The minimum absolute atomic E-state index is 0.0412. The third kappa shape index (κ3) is 4.96. The van der Waals surface area contributed by atoms with Crippen LogP contribution in [0.2, 0.25) is 0 Å².